The van der Waals surface area contributed by atoms with Gasteiger partial charge < -0.3 is 15.2 Å². The standard InChI is InChI=1S/C16H23F2NO2S/c1-10(19-9-12-4-3-5-13(12)20)11-6-7-15(22-16(17)18)14(8-11)21-2/h6-8,10,12-13,16,19-20H,3-5,9H2,1-2H3. The molecule has 3 unspecified atom stereocenters. The van der Waals surface area contributed by atoms with E-state index in [0.717, 1.165) is 31.4 Å². The molecule has 0 saturated heterocycles. The maximum atomic E-state index is 12.5. The topological polar surface area (TPSA) is 41.5 Å². The molecule has 0 aliphatic heterocycles. The van der Waals surface area contributed by atoms with Crippen LogP contribution in [0.1, 0.15) is 37.8 Å². The van der Waals surface area contributed by atoms with Crippen molar-refractivity contribution in [1.29, 1.82) is 0 Å². The molecule has 1 aliphatic rings. The van der Waals surface area contributed by atoms with Crippen molar-refractivity contribution in [3.8, 4) is 5.75 Å². The molecular formula is C16H23F2NO2S. The minimum absolute atomic E-state index is 0.0762. The van der Waals surface area contributed by atoms with Gasteiger partial charge in [0.15, 0.2) is 0 Å². The summed E-state index contributed by atoms with van der Waals surface area (Å²) in [5.74, 6) is -1.69. The van der Waals surface area contributed by atoms with Crippen LogP contribution in [0.4, 0.5) is 8.78 Å². The van der Waals surface area contributed by atoms with Gasteiger partial charge in [0, 0.05) is 12.6 Å². The van der Waals surface area contributed by atoms with Gasteiger partial charge in [0.05, 0.1) is 18.1 Å². The molecule has 1 aliphatic carbocycles. The number of hydrogen-bond donors (Lipinski definition) is 2. The molecule has 22 heavy (non-hydrogen) atoms. The molecule has 2 rings (SSSR count). The Labute approximate surface area is 134 Å². The van der Waals surface area contributed by atoms with Crippen LogP contribution in [0.2, 0.25) is 0 Å². The van der Waals surface area contributed by atoms with E-state index >= 15 is 0 Å². The lowest BCUT2D eigenvalue weighted by atomic mass is 10.0. The number of aliphatic hydroxyl groups excluding tert-OH is 1. The third-order valence-corrected chi connectivity index (χ3v) is 4.98. The van der Waals surface area contributed by atoms with Gasteiger partial charge in [0.1, 0.15) is 5.75 Å². The molecule has 0 bridgehead atoms. The van der Waals surface area contributed by atoms with Gasteiger partial charge in [-0.25, -0.2) is 0 Å². The van der Waals surface area contributed by atoms with Crippen LogP contribution >= 0.6 is 11.8 Å². The Balaban J connectivity index is 1.98. The van der Waals surface area contributed by atoms with Gasteiger partial charge in [-0.1, -0.05) is 24.2 Å². The molecule has 0 spiro atoms. The minimum atomic E-state index is -2.46. The summed E-state index contributed by atoms with van der Waals surface area (Å²) in [6.07, 6.45) is 2.80. The number of hydrogen-bond acceptors (Lipinski definition) is 4. The number of aliphatic hydroxyl groups is 1. The third-order valence-electron chi connectivity index (χ3n) is 4.21. The van der Waals surface area contributed by atoms with Crippen LogP contribution in [0.15, 0.2) is 23.1 Å². The Morgan fingerprint density at radius 2 is 2.18 bits per heavy atom. The Bertz CT molecular complexity index is 487. The number of methoxy groups -OCH3 is 1. The lowest BCUT2D eigenvalue weighted by Gasteiger charge is -2.20. The molecule has 1 aromatic rings. The van der Waals surface area contributed by atoms with Crippen LogP contribution < -0.4 is 10.1 Å². The fraction of sp³-hybridized carbons (Fsp3) is 0.625. The largest absolute Gasteiger partial charge is 0.496 e. The first kappa shape index (κ1) is 17.5. The monoisotopic (exact) mass is 331 g/mol. The van der Waals surface area contributed by atoms with Crippen molar-refractivity contribution in [2.45, 2.75) is 49.0 Å². The molecule has 124 valence electrons. The fourth-order valence-electron chi connectivity index (χ4n) is 2.85. The molecule has 0 radical (unpaired) electrons. The summed E-state index contributed by atoms with van der Waals surface area (Å²) in [6, 6.07) is 5.39. The summed E-state index contributed by atoms with van der Waals surface area (Å²) < 4.78 is 30.2. The van der Waals surface area contributed by atoms with Crippen LogP contribution in [-0.4, -0.2) is 30.6 Å². The summed E-state index contributed by atoms with van der Waals surface area (Å²) in [4.78, 5) is 0.444. The molecule has 3 atom stereocenters. The van der Waals surface area contributed by atoms with Crippen LogP contribution in [0.3, 0.4) is 0 Å². The van der Waals surface area contributed by atoms with Gasteiger partial charge in [0.2, 0.25) is 0 Å². The van der Waals surface area contributed by atoms with E-state index in [4.69, 9.17) is 4.74 Å². The van der Waals surface area contributed by atoms with E-state index in [1.54, 1.807) is 12.1 Å². The molecule has 6 heteroatoms. The quantitative estimate of drug-likeness (QED) is 0.745. The molecule has 3 nitrogen and oxygen atoms in total. The molecule has 0 amide bonds. The van der Waals surface area contributed by atoms with Crippen molar-refractivity contribution in [2.75, 3.05) is 13.7 Å². The summed E-state index contributed by atoms with van der Waals surface area (Å²) in [7, 11) is 1.49. The first-order chi connectivity index (χ1) is 10.5. The molecule has 1 fully saturated rings. The number of alkyl halides is 2. The van der Waals surface area contributed by atoms with Gasteiger partial charge in [0.25, 0.3) is 5.76 Å². The zero-order chi connectivity index (χ0) is 16.1. The van der Waals surface area contributed by atoms with E-state index in [-0.39, 0.29) is 12.1 Å². The summed E-state index contributed by atoms with van der Waals surface area (Å²) in [5.41, 5.74) is 0.989. The van der Waals surface area contributed by atoms with Crippen LogP contribution in [0.5, 0.6) is 5.75 Å². The van der Waals surface area contributed by atoms with Crippen molar-refractivity contribution < 1.29 is 18.6 Å². The third kappa shape index (κ3) is 4.57. The highest BCUT2D eigenvalue weighted by atomic mass is 32.2. The van der Waals surface area contributed by atoms with E-state index < -0.39 is 5.76 Å². The molecule has 1 aromatic carbocycles. The Morgan fingerprint density at radius 3 is 2.77 bits per heavy atom. The second-order valence-corrected chi connectivity index (χ2v) is 6.71. The lowest BCUT2D eigenvalue weighted by Crippen LogP contribution is -2.29. The number of benzene rings is 1. The summed E-state index contributed by atoms with van der Waals surface area (Å²) >= 11 is 0.492. The van der Waals surface area contributed by atoms with E-state index in [1.165, 1.54) is 7.11 Å². The van der Waals surface area contributed by atoms with Crippen molar-refractivity contribution in [3.63, 3.8) is 0 Å². The van der Waals surface area contributed by atoms with E-state index in [1.807, 2.05) is 13.0 Å². The van der Waals surface area contributed by atoms with Gasteiger partial charge >= 0.3 is 0 Å². The smallest absolute Gasteiger partial charge is 0.289 e. The average molecular weight is 331 g/mol. The highest BCUT2D eigenvalue weighted by Gasteiger charge is 2.25. The highest BCUT2D eigenvalue weighted by molar-refractivity contribution is 7.99. The van der Waals surface area contributed by atoms with E-state index in [0.29, 0.717) is 28.3 Å². The zero-order valence-corrected chi connectivity index (χ0v) is 13.7. The second kappa shape index (κ2) is 8.13. The fourth-order valence-corrected chi connectivity index (χ4v) is 3.45. The van der Waals surface area contributed by atoms with E-state index in [2.05, 4.69) is 5.32 Å². The Kier molecular flexibility index (Phi) is 6.47. The number of thioether (sulfide) groups is 1. The lowest BCUT2D eigenvalue weighted by molar-refractivity contribution is 0.130. The SMILES string of the molecule is COc1cc(C(C)NCC2CCCC2O)ccc1SC(F)F. The van der Waals surface area contributed by atoms with Crippen molar-refractivity contribution in [3.05, 3.63) is 23.8 Å². The maximum Gasteiger partial charge on any atom is 0.289 e. The number of halogens is 2. The van der Waals surface area contributed by atoms with Crippen molar-refractivity contribution in [2.24, 2.45) is 5.92 Å². The van der Waals surface area contributed by atoms with E-state index in [9.17, 15) is 13.9 Å². The molecule has 0 aromatic heterocycles. The van der Waals surface area contributed by atoms with Gasteiger partial charge in [-0.3, -0.25) is 0 Å². The minimum Gasteiger partial charge on any atom is -0.496 e. The van der Waals surface area contributed by atoms with Crippen molar-refractivity contribution in [1.82, 2.24) is 5.32 Å². The van der Waals surface area contributed by atoms with Gasteiger partial charge in [-0.05, 0) is 43.4 Å². The number of ether oxygens (including phenoxy) is 1. The van der Waals surface area contributed by atoms with Crippen LogP contribution in [0.25, 0.3) is 0 Å². The summed E-state index contributed by atoms with van der Waals surface area (Å²) in [6.45, 7) is 2.79. The van der Waals surface area contributed by atoms with Gasteiger partial charge in [-0.15, -0.1) is 0 Å². The van der Waals surface area contributed by atoms with Gasteiger partial charge in [-0.2, -0.15) is 8.78 Å². The number of rotatable bonds is 7. The first-order valence-electron chi connectivity index (χ1n) is 7.55. The molecule has 0 heterocycles. The van der Waals surface area contributed by atoms with Crippen LogP contribution in [-0.2, 0) is 0 Å². The number of nitrogens with one attached hydrogen (secondary N) is 1. The van der Waals surface area contributed by atoms with Crippen LogP contribution in [0, 0.1) is 5.92 Å². The van der Waals surface area contributed by atoms with Crippen molar-refractivity contribution >= 4 is 11.8 Å². The molecular weight excluding hydrogens is 308 g/mol. The zero-order valence-electron chi connectivity index (χ0n) is 12.9. The Hall–Kier alpha value is -0.850. The predicted octanol–water partition coefficient (Wildman–Crippen LogP) is 3.82. The highest BCUT2D eigenvalue weighted by Crippen LogP contribution is 2.35. The molecule has 2 N–H and O–H groups in total. The normalized spacial score (nSPS) is 23.0. The molecule has 1 saturated carbocycles. The second-order valence-electron chi connectivity index (χ2n) is 5.68. The average Bonchev–Trinajstić information content (AvgIpc) is 2.90. The maximum absolute atomic E-state index is 12.5. The Morgan fingerprint density at radius 1 is 1.41 bits per heavy atom. The summed E-state index contributed by atoms with van der Waals surface area (Å²) in [5, 5.41) is 13.3. The first-order valence-corrected chi connectivity index (χ1v) is 8.43. The predicted molar refractivity (Wildman–Crippen MR) is 84.6 cm³/mol.